The van der Waals surface area contributed by atoms with Gasteiger partial charge in [-0.2, -0.15) is 0 Å². The topological polar surface area (TPSA) is 91.4 Å². The quantitative estimate of drug-likeness (QED) is 0.0340. The minimum Gasteiger partial charge on any atom is -0.465 e. The van der Waals surface area contributed by atoms with Crippen LogP contribution in [-0.4, -0.2) is 76.0 Å². The van der Waals surface area contributed by atoms with E-state index in [-0.39, 0.29) is 29.7 Å². The van der Waals surface area contributed by atoms with E-state index in [1.165, 1.54) is 103 Å². The molecule has 2 atom stereocenters. The molecule has 0 N–H and O–H groups in total. The van der Waals surface area contributed by atoms with Crippen molar-refractivity contribution in [1.29, 1.82) is 0 Å². The third-order valence-corrected chi connectivity index (χ3v) is 11.9. The van der Waals surface area contributed by atoms with Crippen molar-refractivity contribution in [1.82, 2.24) is 4.90 Å². The first kappa shape index (κ1) is 57.3. The molecule has 8 nitrogen and oxygen atoms in total. The minimum atomic E-state index is -0.156. The van der Waals surface area contributed by atoms with Crippen LogP contribution in [0.3, 0.4) is 0 Å². The van der Waals surface area contributed by atoms with Crippen molar-refractivity contribution in [3.63, 3.8) is 0 Å². The number of carbonyl (C=O) groups excluding carboxylic acids is 3. The van der Waals surface area contributed by atoms with Gasteiger partial charge < -0.3 is 23.8 Å². The van der Waals surface area contributed by atoms with Gasteiger partial charge in [0.1, 0.15) is 6.61 Å². The van der Waals surface area contributed by atoms with Crippen LogP contribution in [0.4, 0.5) is 0 Å². The Morgan fingerprint density at radius 1 is 0.373 bits per heavy atom. The van der Waals surface area contributed by atoms with Gasteiger partial charge in [-0.3, -0.25) is 14.4 Å². The number of esters is 3. The van der Waals surface area contributed by atoms with Crippen molar-refractivity contribution in [2.45, 2.75) is 246 Å². The zero-order valence-electron chi connectivity index (χ0n) is 40.0. The molecule has 350 valence electrons. The van der Waals surface area contributed by atoms with Gasteiger partial charge in [-0.25, -0.2) is 0 Å². The number of rotatable bonds is 47. The molecular weight excluding hydrogens is 739 g/mol. The van der Waals surface area contributed by atoms with Crippen molar-refractivity contribution in [2.24, 2.45) is 11.8 Å². The van der Waals surface area contributed by atoms with E-state index in [9.17, 15) is 14.4 Å². The van der Waals surface area contributed by atoms with Gasteiger partial charge in [0, 0.05) is 13.5 Å². The predicted octanol–water partition coefficient (Wildman–Crippen LogP) is 14.1. The van der Waals surface area contributed by atoms with Crippen LogP contribution in [-0.2, 0) is 33.3 Å². The zero-order chi connectivity index (χ0) is 43.3. The molecule has 0 bridgehead atoms. The summed E-state index contributed by atoms with van der Waals surface area (Å²) >= 11 is 0. The molecule has 0 saturated carbocycles. The molecule has 0 aliphatic heterocycles. The van der Waals surface area contributed by atoms with Gasteiger partial charge >= 0.3 is 17.9 Å². The third-order valence-electron chi connectivity index (χ3n) is 11.9. The Labute approximate surface area is 366 Å². The maximum Gasteiger partial charge on any atom is 0.308 e. The van der Waals surface area contributed by atoms with Gasteiger partial charge in [0.15, 0.2) is 0 Å². The number of hydrogen-bond donors (Lipinski definition) is 0. The molecule has 8 heteroatoms. The smallest absolute Gasteiger partial charge is 0.308 e. The van der Waals surface area contributed by atoms with Crippen molar-refractivity contribution in [2.75, 3.05) is 53.2 Å². The summed E-state index contributed by atoms with van der Waals surface area (Å²) in [5.74, 6) is 0.0415. The average molecular weight is 838 g/mol. The van der Waals surface area contributed by atoms with E-state index < -0.39 is 0 Å². The van der Waals surface area contributed by atoms with E-state index >= 15 is 0 Å². The van der Waals surface area contributed by atoms with Crippen LogP contribution >= 0.6 is 0 Å². The Morgan fingerprint density at radius 3 is 1.12 bits per heavy atom. The second-order valence-electron chi connectivity index (χ2n) is 17.5. The fourth-order valence-corrected chi connectivity index (χ4v) is 7.99. The molecule has 0 heterocycles. The fourth-order valence-electron chi connectivity index (χ4n) is 7.99. The molecule has 2 unspecified atom stereocenters. The lowest BCUT2D eigenvalue weighted by molar-refractivity contribution is -0.150. The standard InChI is InChI=1S/C51H99NO7/c1-6-10-14-18-20-28-37-47(35-26-16-12-8-3)50(54)58-43-32-24-22-30-40-52(42-34-39-49(53)57-46-45-56-5)41-31-23-25-33-44-59-51(55)48(36-27-17-13-9-4)38-29-21-19-15-11-7-2/h47-48H,6-46H2,1-5H3. The van der Waals surface area contributed by atoms with Crippen LogP contribution in [0.5, 0.6) is 0 Å². The molecule has 0 fully saturated rings. The molecule has 0 rings (SSSR count). The second-order valence-corrected chi connectivity index (χ2v) is 17.5. The number of unbranched alkanes of at least 4 members (excludes halogenated alkanes) is 22. The molecule has 0 aliphatic rings. The summed E-state index contributed by atoms with van der Waals surface area (Å²) in [6.07, 6.45) is 38.1. The predicted molar refractivity (Wildman–Crippen MR) is 248 cm³/mol. The Kier molecular flexibility index (Phi) is 44.5. The lowest BCUT2D eigenvalue weighted by Gasteiger charge is -2.22. The summed E-state index contributed by atoms with van der Waals surface area (Å²) in [6.45, 7) is 13.7. The largest absolute Gasteiger partial charge is 0.465 e. The zero-order valence-corrected chi connectivity index (χ0v) is 40.0. The van der Waals surface area contributed by atoms with Crippen LogP contribution in [0, 0.1) is 11.8 Å². The Hall–Kier alpha value is -1.67. The van der Waals surface area contributed by atoms with Crippen LogP contribution in [0.15, 0.2) is 0 Å². The lowest BCUT2D eigenvalue weighted by Crippen LogP contribution is -2.28. The lowest BCUT2D eigenvalue weighted by atomic mass is 9.94. The monoisotopic (exact) mass is 838 g/mol. The number of nitrogens with zero attached hydrogens (tertiary/aromatic N) is 1. The molecular formula is C51H99NO7. The Bertz CT molecular complexity index is 857. The number of hydrogen-bond acceptors (Lipinski definition) is 8. The van der Waals surface area contributed by atoms with E-state index in [0.717, 1.165) is 129 Å². The first-order chi connectivity index (χ1) is 28.9. The van der Waals surface area contributed by atoms with Gasteiger partial charge in [-0.05, 0) is 77.4 Å². The molecule has 0 aromatic heterocycles. The second kappa shape index (κ2) is 45.8. The van der Waals surface area contributed by atoms with Crippen molar-refractivity contribution in [3.8, 4) is 0 Å². The van der Waals surface area contributed by atoms with Crippen molar-refractivity contribution in [3.05, 3.63) is 0 Å². The van der Waals surface area contributed by atoms with Crippen LogP contribution < -0.4 is 0 Å². The van der Waals surface area contributed by atoms with Crippen LogP contribution in [0.25, 0.3) is 0 Å². The summed E-state index contributed by atoms with van der Waals surface area (Å²) in [6, 6.07) is 0. The third kappa shape index (κ3) is 39.0. The van der Waals surface area contributed by atoms with E-state index in [2.05, 4.69) is 32.6 Å². The van der Waals surface area contributed by atoms with Gasteiger partial charge in [-0.15, -0.1) is 0 Å². The molecule has 0 aliphatic carbocycles. The van der Waals surface area contributed by atoms with Gasteiger partial charge in [0.05, 0.1) is 31.7 Å². The van der Waals surface area contributed by atoms with E-state index in [1.54, 1.807) is 7.11 Å². The van der Waals surface area contributed by atoms with Gasteiger partial charge in [-0.1, -0.05) is 182 Å². The highest BCUT2D eigenvalue weighted by molar-refractivity contribution is 5.72. The SMILES string of the molecule is CCCCCCCCC(CCCCCC)C(=O)OCCCCCCN(CCCCCCOC(=O)C(CCCCCC)CCCCCCCC)CCCC(=O)OCCOC. The van der Waals surface area contributed by atoms with Crippen molar-refractivity contribution >= 4 is 17.9 Å². The van der Waals surface area contributed by atoms with E-state index in [4.69, 9.17) is 18.9 Å². The summed E-state index contributed by atoms with van der Waals surface area (Å²) < 4.78 is 22.0. The minimum absolute atomic E-state index is 0.0330. The molecule has 59 heavy (non-hydrogen) atoms. The summed E-state index contributed by atoms with van der Waals surface area (Å²) in [5.41, 5.74) is 0. The maximum absolute atomic E-state index is 13.0. The molecule has 0 amide bonds. The number of methoxy groups -OCH3 is 1. The number of carbonyl (C=O) groups is 3. The Balaban J connectivity index is 4.66. The molecule has 0 aromatic carbocycles. The highest BCUT2D eigenvalue weighted by Gasteiger charge is 2.20. The van der Waals surface area contributed by atoms with Gasteiger partial charge in [0.2, 0.25) is 0 Å². The van der Waals surface area contributed by atoms with Crippen LogP contribution in [0.1, 0.15) is 246 Å². The summed E-state index contributed by atoms with van der Waals surface area (Å²) in [7, 11) is 1.61. The van der Waals surface area contributed by atoms with E-state index in [1.807, 2.05) is 0 Å². The summed E-state index contributed by atoms with van der Waals surface area (Å²) in [4.78, 5) is 40.8. The maximum atomic E-state index is 13.0. The normalized spacial score (nSPS) is 12.5. The van der Waals surface area contributed by atoms with E-state index in [0.29, 0.717) is 32.8 Å². The van der Waals surface area contributed by atoms with Crippen LogP contribution in [0.2, 0.25) is 0 Å². The fraction of sp³-hybridized carbons (Fsp3) is 0.941. The molecule has 0 aromatic rings. The highest BCUT2D eigenvalue weighted by atomic mass is 16.6. The van der Waals surface area contributed by atoms with Crippen molar-refractivity contribution < 1.29 is 33.3 Å². The highest BCUT2D eigenvalue weighted by Crippen LogP contribution is 2.22. The number of ether oxygens (including phenoxy) is 4. The first-order valence-corrected chi connectivity index (χ1v) is 25.6. The molecule has 0 radical (unpaired) electrons. The Morgan fingerprint density at radius 2 is 0.712 bits per heavy atom. The average Bonchev–Trinajstić information content (AvgIpc) is 3.23. The summed E-state index contributed by atoms with van der Waals surface area (Å²) in [5, 5.41) is 0. The molecule has 0 spiro atoms. The van der Waals surface area contributed by atoms with Gasteiger partial charge in [0.25, 0.3) is 0 Å². The molecule has 0 saturated heterocycles. The first-order valence-electron chi connectivity index (χ1n) is 25.6.